The third-order valence-corrected chi connectivity index (χ3v) is 5.86. The van der Waals surface area contributed by atoms with Gasteiger partial charge in [-0.15, -0.1) is 0 Å². The molecule has 0 saturated carbocycles. The Kier molecular flexibility index (Phi) is 5.88. The van der Waals surface area contributed by atoms with Gasteiger partial charge >= 0.3 is 0 Å². The highest BCUT2D eigenvalue weighted by Crippen LogP contribution is 2.29. The lowest BCUT2D eigenvalue weighted by atomic mass is 9.93. The van der Waals surface area contributed by atoms with Crippen LogP contribution in [-0.4, -0.2) is 48.1 Å². The highest BCUT2D eigenvalue weighted by molar-refractivity contribution is 7.89. The van der Waals surface area contributed by atoms with Crippen LogP contribution in [0.25, 0.3) is 0 Å². The fourth-order valence-corrected chi connectivity index (χ4v) is 3.97. The molecule has 2 rings (SSSR count). The maximum absolute atomic E-state index is 12.1. The Balaban J connectivity index is 2.24. The number of nitrogens with zero attached hydrogens (tertiary/aromatic N) is 3. The lowest BCUT2D eigenvalue weighted by Crippen LogP contribution is -2.40. The van der Waals surface area contributed by atoms with E-state index in [1.165, 1.54) is 0 Å². The zero-order chi connectivity index (χ0) is 16.2. The Morgan fingerprint density at radius 2 is 2.18 bits per heavy atom. The van der Waals surface area contributed by atoms with Crippen molar-refractivity contribution in [2.24, 2.45) is 0 Å². The second-order valence-corrected chi connectivity index (χ2v) is 7.82. The highest BCUT2D eigenvalue weighted by Gasteiger charge is 2.30. The Morgan fingerprint density at radius 1 is 1.41 bits per heavy atom. The number of aromatic nitrogens is 2. The van der Waals surface area contributed by atoms with Crippen LogP contribution < -0.4 is 0 Å². The molecule has 1 unspecified atom stereocenters. The summed E-state index contributed by atoms with van der Waals surface area (Å²) in [7, 11) is -3.14. The van der Waals surface area contributed by atoms with Crippen molar-refractivity contribution in [1.29, 1.82) is 0 Å². The minimum Gasteiger partial charge on any atom is -0.377 e. The van der Waals surface area contributed by atoms with Crippen molar-refractivity contribution in [1.82, 2.24) is 14.3 Å². The van der Waals surface area contributed by atoms with E-state index in [0.29, 0.717) is 32.1 Å². The second kappa shape index (κ2) is 7.48. The topological polar surface area (TPSA) is 72.4 Å². The van der Waals surface area contributed by atoms with Crippen molar-refractivity contribution in [3.63, 3.8) is 0 Å². The van der Waals surface area contributed by atoms with Crippen LogP contribution in [0.5, 0.6) is 0 Å². The van der Waals surface area contributed by atoms with E-state index >= 15 is 0 Å². The number of hydrogen-bond donors (Lipinski definition) is 0. The van der Waals surface area contributed by atoms with Gasteiger partial charge in [0.1, 0.15) is 5.82 Å². The molecule has 0 radical (unpaired) electrons. The van der Waals surface area contributed by atoms with Gasteiger partial charge in [-0.1, -0.05) is 0 Å². The highest BCUT2D eigenvalue weighted by atomic mass is 32.2. The Morgan fingerprint density at radius 3 is 2.86 bits per heavy atom. The molecule has 1 atom stereocenters. The van der Waals surface area contributed by atoms with E-state index in [4.69, 9.17) is 4.74 Å². The van der Waals surface area contributed by atoms with Crippen LogP contribution >= 0.6 is 0 Å². The number of hydrogen-bond acceptors (Lipinski definition) is 5. The van der Waals surface area contributed by atoms with Crippen molar-refractivity contribution in [2.45, 2.75) is 46.1 Å². The fourth-order valence-electron chi connectivity index (χ4n) is 2.79. The molecule has 1 saturated heterocycles. The molecule has 6 nitrogen and oxygen atoms in total. The zero-order valence-corrected chi connectivity index (χ0v) is 14.4. The first-order valence-electron chi connectivity index (χ1n) is 7.86. The molecule has 0 N–H and O–H groups in total. The quantitative estimate of drug-likeness (QED) is 0.797. The van der Waals surface area contributed by atoms with Crippen LogP contribution in [0, 0.1) is 6.92 Å². The SMILES string of the molecule is CCOCc1cnc(C)nc1C1CCCN(S(=O)(=O)CC)C1. The van der Waals surface area contributed by atoms with Gasteiger partial charge in [-0.2, -0.15) is 0 Å². The molecule has 1 aromatic rings. The van der Waals surface area contributed by atoms with Crippen LogP contribution in [-0.2, 0) is 21.4 Å². The first-order valence-corrected chi connectivity index (χ1v) is 9.46. The van der Waals surface area contributed by atoms with Gasteiger partial charge in [-0.05, 0) is 33.6 Å². The minimum atomic E-state index is -3.14. The van der Waals surface area contributed by atoms with E-state index in [2.05, 4.69) is 9.97 Å². The van der Waals surface area contributed by atoms with Crippen LogP contribution in [0.1, 0.15) is 49.7 Å². The molecule has 7 heteroatoms. The van der Waals surface area contributed by atoms with Crippen molar-refractivity contribution in [2.75, 3.05) is 25.4 Å². The van der Waals surface area contributed by atoms with Gasteiger partial charge in [-0.25, -0.2) is 22.7 Å². The predicted octanol–water partition coefficient (Wildman–Crippen LogP) is 1.85. The number of sulfonamides is 1. The third-order valence-electron chi connectivity index (χ3n) is 4.01. The molecule has 0 bridgehead atoms. The van der Waals surface area contributed by atoms with E-state index in [1.807, 2.05) is 13.8 Å². The molecular formula is C15H25N3O3S. The number of ether oxygens (including phenoxy) is 1. The average molecular weight is 327 g/mol. The average Bonchev–Trinajstić information content (AvgIpc) is 2.53. The first kappa shape index (κ1) is 17.3. The van der Waals surface area contributed by atoms with Crippen LogP contribution in [0.4, 0.5) is 0 Å². The summed E-state index contributed by atoms with van der Waals surface area (Å²) in [4.78, 5) is 8.83. The van der Waals surface area contributed by atoms with Gasteiger partial charge in [0.2, 0.25) is 10.0 Å². The Labute approximate surface area is 133 Å². The number of piperidine rings is 1. The van der Waals surface area contributed by atoms with Crippen molar-refractivity contribution < 1.29 is 13.2 Å². The molecular weight excluding hydrogens is 302 g/mol. The summed E-state index contributed by atoms with van der Waals surface area (Å²) in [5, 5.41) is 0. The van der Waals surface area contributed by atoms with Crippen molar-refractivity contribution in [3.8, 4) is 0 Å². The normalized spacial score (nSPS) is 20.2. The Bertz CT molecular complexity index is 604. The Hall–Kier alpha value is -1.05. The van der Waals surface area contributed by atoms with Gasteiger partial charge < -0.3 is 4.74 Å². The number of aryl methyl sites for hydroxylation is 1. The lowest BCUT2D eigenvalue weighted by Gasteiger charge is -2.32. The summed E-state index contributed by atoms with van der Waals surface area (Å²) in [6.07, 6.45) is 3.62. The summed E-state index contributed by atoms with van der Waals surface area (Å²) < 4.78 is 31.3. The first-order chi connectivity index (χ1) is 10.5. The van der Waals surface area contributed by atoms with E-state index in [-0.39, 0.29) is 11.7 Å². The van der Waals surface area contributed by atoms with Gasteiger partial charge in [0.25, 0.3) is 0 Å². The third kappa shape index (κ3) is 4.02. The van der Waals surface area contributed by atoms with Gasteiger partial charge in [0, 0.05) is 37.4 Å². The molecule has 1 aromatic heterocycles. The standard InChI is InChI=1S/C15H25N3O3S/c1-4-21-11-14-9-16-12(3)17-15(14)13-7-6-8-18(10-13)22(19,20)5-2/h9,13H,4-8,10-11H2,1-3H3. The molecule has 0 aromatic carbocycles. The molecule has 1 aliphatic rings. The fraction of sp³-hybridized carbons (Fsp3) is 0.733. The van der Waals surface area contributed by atoms with Crippen LogP contribution in [0.2, 0.25) is 0 Å². The zero-order valence-electron chi connectivity index (χ0n) is 13.6. The molecule has 22 heavy (non-hydrogen) atoms. The van der Waals surface area contributed by atoms with E-state index < -0.39 is 10.0 Å². The van der Waals surface area contributed by atoms with Crippen LogP contribution in [0.3, 0.4) is 0 Å². The summed E-state index contributed by atoms with van der Waals surface area (Å²) in [6, 6.07) is 0. The largest absolute Gasteiger partial charge is 0.377 e. The second-order valence-electron chi connectivity index (χ2n) is 5.56. The summed E-state index contributed by atoms with van der Waals surface area (Å²) in [6.45, 7) is 7.72. The van der Waals surface area contributed by atoms with Crippen molar-refractivity contribution in [3.05, 3.63) is 23.3 Å². The van der Waals surface area contributed by atoms with Gasteiger partial charge in [-0.3, -0.25) is 0 Å². The summed E-state index contributed by atoms with van der Waals surface area (Å²) in [5.74, 6) is 0.979. The lowest BCUT2D eigenvalue weighted by molar-refractivity contribution is 0.132. The predicted molar refractivity (Wildman–Crippen MR) is 85.1 cm³/mol. The van der Waals surface area contributed by atoms with E-state index in [9.17, 15) is 8.42 Å². The van der Waals surface area contributed by atoms with E-state index in [1.54, 1.807) is 17.4 Å². The summed E-state index contributed by atoms with van der Waals surface area (Å²) >= 11 is 0. The molecule has 1 fully saturated rings. The molecule has 124 valence electrons. The maximum atomic E-state index is 12.1. The minimum absolute atomic E-state index is 0.118. The summed E-state index contributed by atoms with van der Waals surface area (Å²) in [5.41, 5.74) is 1.91. The smallest absolute Gasteiger partial charge is 0.213 e. The molecule has 0 spiro atoms. The van der Waals surface area contributed by atoms with Crippen molar-refractivity contribution >= 4 is 10.0 Å². The molecule has 0 aliphatic carbocycles. The van der Waals surface area contributed by atoms with Gasteiger partial charge in [0.15, 0.2) is 0 Å². The monoisotopic (exact) mass is 327 g/mol. The molecule has 0 amide bonds. The van der Waals surface area contributed by atoms with E-state index in [0.717, 1.165) is 24.1 Å². The maximum Gasteiger partial charge on any atom is 0.213 e. The van der Waals surface area contributed by atoms with Crippen LogP contribution in [0.15, 0.2) is 6.20 Å². The van der Waals surface area contributed by atoms with Gasteiger partial charge in [0.05, 0.1) is 18.1 Å². The molecule has 2 heterocycles. The number of rotatable bonds is 6. The molecule has 1 aliphatic heterocycles.